The normalized spacial score (nSPS) is 9.90. The number of benzene rings is 1. The monoisotopic (exact) mass is 286 g/mol. The molecule has 6 nitrogen and oxygen atoms in total. The number of carbonyl (C=O) groups is 2. The van der Waals surface area contributed by atoms with Crippen molar-refractivity contribution in [1.82, 2.24) is 10.3 Å². The van der Waals surface area contributed by atoms with Gasteiger partial charge in [0, 0.05) is 6.20 Å². The van der Waals surface area contributed by atoms with E-state index in [9.17, 15) is 9.59 Å². The van der Waals surface area contributed by atoms with E-state index in [1.165, 1.54) is 18.3 Å². The summed E-state index contributed by atoms with van der Waals surface area (Å²) < 4.78 is 5.02. The van der Waals surface area contributed by atoms with Crippen LogP contribution in [0.1, 0.15) is 21.6 Å². The fraction of sp³-hybridized carbons (Fsp3) is 0.133. The second-order valence-electron chi connectivity index (χ2n) is 4.22. The first-order chi connectivity index (χ1) is 10.2. The number of rotatable bonds is 5. The summed E-state index contributed by atoms with van der Waals surface area (Å²) >= 11 is 0. The molecule has 0 aliphatic heterocycles. The molecular formula is C15H14N2O4. The molecule has 0 spiro atoms. The quantitative estimate of drug-likeness (QED) is 0.879. The largest absolute Gasteiger partial charge is 0.478 e. The van der Waals surface area contributed by atoms with Crippen LogP contribution in [0, 0.1) is 0 Å². The lowest BCUT2D eigenvalue weighted by atomic mass is 10.2. The van der Waals surface area contributed by atoms with Crippen LogP contribution in [-0.2, 0) is 17.9 Å². The van der Waals surface area contributed by atoms with Gasteiger partial charge >= 0.3 is 12.1 Å². The van der Waals surface area contributed by atoms with Crippen molar-refractivity contribution in [3.05, 3.63) is 65.5 Å². The lowest BCUT2D eigenvalue weighted by Crippen LogP contribution is -2.25. The molecule has 108 valence electrons. The lowest BCUT2D eigenvalue weighted by Gasteiger charge is -2.08. The minimum Gasteiger partial charge on any atom is -0.478 e. The number of alkyl carbamates (subject to hydrolysis) is 1. The molecule has 1 aromatic heterocycles. The van der Waals surface area contributed by atoms with E-state index < -0.39 is 12.1 Å². The number of pyridine rings is 1. The first kappa shape index (κ1) is 14.5. The summed E-state index contributed by atoms with van der Waals surface area (Å²) in [6.07, 6.45) is 0.847. The van der Waals surface area contributed by atoms with Crippen LogP contribution in [-0.4, -0.2) is 22.2 Å². The smallest absolute Gasteiger partial charge is 0.407 e. The molecule has 0 unspecified atom stereocenters. The SMILES string of the molecule is O=C(NCc1ncccc1C(=O)O)OCc1ccccc1. The average Bonchev–Trinajstić information content (AvgIpc) is 2.52. The third kappa shape index (κ3) is 4.31. The fourth-order valence-corrected chi connectivity index (χ4v) is 1.70. The number of carboxylic acid groups (broad SMARTS) is 1. The van der Waals surface area contributed by atoms with E-state index in [2.05, 4.69) is 10.3 Å². The van der Waals surface area contributed by atoms with Crippen molar-refractivity contribution in [2.75, 3.05) is 0 Å². The highest BCUT2D eigenvalue weighted by Gasteiger charge is 2.11. The number of aromatic carboxylic acids is 1. The van der Waals surface area contributed by atoms with Gasteiger partial charge in [-0.15, -0.1) is 0 Å². The maximum absolute atomic E-state index is 11.6. The second-order valence-corrected chi connectivity index (χ2v) is 4.22. The fourth-order valence-electron chi connectivity index (χ4n) is 1.70. The molecule has 2 aromatic rings. The molecule has 0 aliphatic rings. The van der Waals surface area contributed by atoms with Crippen molar-refractivity contribution < 1.29 is 19.4 Å². The topological polar surface area (TPSA) is 88.5 Å². The molecule has 0 bridgehead atoms. The van der Waals surface area contributed by atoms with Gasteiger partial charge in [0.05, 0.1) is 17.8 Å². The zero-order chi connectivity index (χ0) is 15.1. The lowest BCUT2D eigenvalue weighted by molar-refractivity contribution is 0.0694. The standard InChI is InChI=1S/C15H14N2O4/c18-14(19)12-7-4-8-16-13(12)9-17-15(20)21-10-11-5-2-1-3-6-11/h1-8H,9-10H2,(H,17,20)(H,18,19). The molecule has 0 fully saturated rings. The number of carbonyl (C=O) groups excluding carboxylic acids is 1. The second kappa shape index (κ2) is 7.04. The van der Waals surface area contributed by atoms with Crippen LogP contribution >= 0.6 is 0 Å². The highest BCUT2D eigenvalue weighted by Crippen LogP contribution is 2.05. The summed E-state index contributed by atoms with van der Waals surface area (Å²) in [5.74, 6) is -1.09. The summed E-state index contributed by atoms with van der Waals surface area (Å²) in [7, 11) is 0. The van der Waals surface area contributed by atoms with Crippen molar-refractivity contribution in [1.29, 1.82) is 0 Å². The Hall–Kier alpha value is -2.89. The van der Waals surface area contributed by atoms with E-state index in [0.29, 0.717) is 0 Å². The van der Waals surface area contributed by atoms with Gasteiger partial charge < -0.3 is 15.2 Å². The number of hydrogen-bond acceptors (Lipinski definition) is 4. The van der Waals surface area contributed by atoms with Gasteiger partial charge in [-0.3, -0.25) is 4.98 Å². The zero-order valence-corrected chi connectivity index (χ0v) is 11.2. The first-order valence-electron chi connectivity index (χ1n) is 6.28. The third-order valence-electron chi connectivity index (χ3n) is 2.73. The number of ether oxygens (including phenoxy) is 1. The van der Waals surface area contributed by atoms with E-state index in [0.717, 1.165) is 5.56 Å². The number of nitrogens with one attached hydrogen (secondary N) is 1. The minimum atomic E-state index is -1.09. The Bertz CT molecular complexity index is 629. The van der Waals surface area contributed by atoms with Crippen LogP contribution in [0.5, 0.6) is 0 Å². The molecule has 0 radical (unpaired) electrons. The van der Waals surface area contributed by atoms with Crippen LogP contribution in [0.4, 0.5) is 4.79 Å². The van der Waals surface area contributed by atoms with Gasteiger partial charge in [0.2, 0.25) is 0 Å². The molecular weight excluding hydrogens is 272 g/mol. The van der Waals surface area contributed by atoms with Crippen molar-refractivity contribution in [2.45, 2.75) is 13.2 Å². The van der Waals surface area contributed by atoms with Gasteiger partial charge in [-0.25, -0.2) is 9.59 Å². The molecule has 0 aliphatic carbocycles. The Morgan fingerprint density at radius 1 is 1.14 bits per heavy atom. The van der Waals surface area contributed by atoms with Crippen LogP contribution in [0.25, 0.3) is 0 Å². The number of nitrogens with zero attached hydrogens (tertiary/aromatic N) is 1. The van der Waals surface area contributed by atoms with Gasteiger partial charge in [0.25, 0.3) is 0 Å². The molecule has 1 aromatic carbocycles. The van der Waals surface area contributed by atoms with Crippen LogP contribution < -0.4 is 5.32 Å². The molecule has 21 heavy (non-hydrogen) atoms. The molecule has 6 heteroatoms. The highest BCUT2D eigenvalue weighted by atomic mass is 16.5. The molecule has 1 amide bonds. The Morgan fingerprint density at radius 2 is 1.90 bits per heavy atom. The summed E-state index contributed by atoms with van der Waals surface area (Å²) in [6, 6.07) is 12.2. The molecule has 0 saturated carbocycles. The maximum Gasteiger partial charge on any atom is 0.407 e. The zero-order valence-electron chi connectivity index (χ0n) is 11.2. The highest BCUT2D eigenvalue weighted by molar-refractivity contribution is 5.88. The van der Waals surface area contributed by atoms with E-state index in [1.807, 2.05) is 30.3 Å². The molecule has 0 saturated heterocycles. The summed E-state index contributed by atoms with van der Waals surface area (Å²) in [5.41, 5.74) is 1.21. The number of carboxylic acids is 1. The van der Waals surface area contributed by atoms with E-state index >= 15 is 0 Å². The van der Waals surface area contributed by atoms with Gasteiger partial charge in [0.1, 0.15) is 6.61 Å². The van der Waals surface area contributed by atoms with Crippen LogP contribution in [0.2, 0.25) is 0 Å². The van der Waals surface area contributed by atoms with Gasteiger partial charge in [-0.1, -0.05) is 30.3 Å². The number of amides is 1. The number of hydrogen-bond donors (Lipinski definition) is 2. The van der Waals surface area contributed by atoms with Crippen molar-refractivity contribution >= 4 is 12.1 Å². The summed E-state index contributed by atoms with van der Waals surface area (Å²) in [6.45, 7) is 0.150. The average molecular weight is 286 g/mol. The van der Waals surface area contributed by atoms with Crippen molar-refractivity contribution in [3.8, 4) is 0 Å². The molecule has 0 atom stereocenters. The summed E-state index contributed by atoms with van der Waals surface area (Å²) in [5, 5.41) is 11.5. The van der Waals surface area contributed by atoms with Gasteiger partial charge in [0.15, 0.2) is 0 Å². The first-order valence-corrected chi connectivity index (χ1v) is 6.28. The predicted octanol–water partition coefficient (Wildman–Crippen LogP) is 2.21. The minimum absolute atomic E-state index is 0.00387. The van der Waals surface area contributed by atoms with Crippen molar-refractivity contribution in [3.63, 3.8) is 0 Å². The van der Waals surface area contributed by atoms with Gasteiger partial charge in [-0.2, -0.15) is 0 Å². The van der Waals surface area contributed by atoms with E-state index in [4.69, 9.17) is 9.84 Å². The Labute approximate surface area is 121 Å². The number of aromatic nitrogens is 1. The third-order valence-corrected chi connectivity index (χ3v) is 2.73. The molecule has 2 N–H and O–H groups in total. The molecule has 1 heterocycles. The summed E-state index contributed by atoms with van der Waals surface area (Å²) in [4.78, 5) is 26.5. The van der Waals surface area contributed by atoms with E-state index in [-0.39, 0.29) is 24.4 Å². The predicted molar refractivity (Wildman–Crippen MR) is 74.7 cm³/mol. The van der Waals surface area contributed by atoms with E-state index in [1.54, 1.807) is 0 Å². The van der Waals surface area contributed by atoms with Crippen LogP contribution in [0.3, 0.4) is 0 Å². The molecule has 2 rings (SSSR count). The van der Waals surface area contributed by atoms with Crippen molar-refractivity contribution in [2.24, 2.45) is 0 Å². The Kier molecular flexibility index (Phi) is 4.87. The van der Waals surface area contributed by atoms with Crippen LogP contribution in [0.15, 0.2) is 48.7 Å². The Morgan fingerprint density at radius 3 is 2.62 bits per heavy atom. The maximum atomic E-state index is 11.6. The Balaban J connectivity index is 1.86. The van der Waals surface area contributed by atoms with Gasteiger partial charge in [-0.05, 0) is 17.7 Å².